The zero-order valence-corrected chi connectivity index (χ0v) is 18.5. The van der Waals surface area contributed by atoms with E-state index in [-0.39, 0.29) is 5.82 Å². The molecule has 2 aromatic carbocycles. The van der Waals surface area contributed by atoms with Crippen LogP contribution >= 0.6 is 23.2 Å². The zero-order valence-electron chi connectivity index (χ0n) is 17.0. The van der Waals surface area contributed by atoms with Crippen LogP contribution in [0.15, 0.2) is 60.9 Å². The molecule has 1 aromatic heterocycles. The number of hydrogen-bond acceptors (Lipinski definition) is 1. The molecule has 1 heterocycles. The van der Waals surface area contributed by atoms with Crippen LogP contribution in [0.2, 0.25) is 10.0 Å². The second-order valence-electron chi connectivity index (χ2n) is 7.43. The van der Waals surface area contributed by atoms with Crippen molar-refractivity contribution in [3.05, 3.63) is 82.1 Å². The van der Waals surface area contributed by atoms with E-state index in [0.717, 1.165) is 33.4 Å². The number of aromatic nitrogens is 2. The molecule has 3 aromatic rings. The molecular formula is C24H28BCl2N2. The average molecular weight is 426 g/mol. The number of unbranched alkanes of at least 4 members (excludes halogenated alkanes) is 5. The summed E-state index contributed by atoms with van der Waals surface area (Å²) >= 11 is 13.1. The minimum atomic E-state index is -0.0527. The van der Waals surface area contributed by atoms with Crippen LogP contribution in [0.3, 0.4) is 0 Å². The Bertz CT molecular complexity index is 848. The number of aryl methyl sites for hydroxylation is 1. The van der Waals surface area contributed by atoms with Gasteiger partial charge in [-0.05, 0) is 35.5 Å². The predicted molar refractivity (Wildman–Crippen MR) is 126 cm³/mol. The van der Waals surface area contributed by atoms with E-state index in [1.165, 1.54) is 38.5 Å². The van der Waals surface area contributed by atoms with Gasteiger partial charge in [-0.1, -0.05) is 98.6 Å². The van der Waals surface area contributed by atoms with Crippen LogP contribution in [-0.4, -0.2) is 16.8 Å². The Morgan fingerprint density at radius 3 is 2.07 bits per heavy atom. The van der Waals surface area contributed by atoms with Crippen molar-refractivity contribution in [1.82, 2.24) is 9.55 Å². The minimum absolute atomic E-state index is 0.0527. The van der Waals surface area contributed by atoms with Gasteiger partial charge in [0.25, 0.3) is 0 Å². The summed E-state index contributed by atoms with van der Waals surface area (Å²) in [7, 11) is 2.18. The van der Waals surface area contributed by atoms with E-state index in [2.05, 4.69) is 42.1 Å². The maximum Gasteiger partial charge on any atom is 0.215 e. The van der Waals surface area contributed by atoms with Crippen LogP contribution in [0.4, 0.5) is 0 Å². The third-order valence-corrected chi connectivity index (χ3v) is 5.98. The first-order chi connectivity index (χ1) is 14.2. The highest BCUT2D eigenvalue weighted by Crippen LogP contribution is 2.33. The van der Waals surface area contributed by atoms with Gasteiger partial charge in [0, 0.05) is 29.0 Å². The van der Waals surface area contributed by atoms with Crippen molar-refractivity contribution in [2.45, 2.75) is 57.8 Å². The first-order valence-electron chi connectivity index (χ1n) is 10.6. The molecule has 0 bridgehead atoms. The predicted octanol–water partition coefficient (Wildman–Crippen LogP) is 6.67. The quantitative estimate of drug-likeness (QED) is 0.247. The van der Waals surface area contributed by atoms with Crippen LogP contribution in [-0.2, 0) is 6.54 Å². The molecule has 0 aliphatic heterocycles. The van der Waals surface area contributed by atoms with Crippen molar-refractivity contribution in [2.24, 2.45) is 0 Å². The fourth-order valence-electron chi connectivity index (χ4n) is 3.68. The first kappa shape index (κ1) is 22.0. The van der Waals surface area contributed by atoms with Gasteiger partial charge in [0.1, 0.15) is 0 Å². The fraction of sp³-hybridized carbons (Fsp3) is 0.375. The SMILES string of the molecule is CCCCCCCCn1ccnc1[B]C(c1ccccc1Cl)c1ccccc1Cl. The molecule has 0 saturated heterocycles. The van der Waals surface area contributed by atoms with Gasteiger partial charge in [0.15, 0.2) is 0 Å². The van der Waals surface area contributed by atoms with E-state index in [9.17, 15) is 0 Å². The summed E-state index contributed by atoms with van der Waals surface area (Å²) < 4.78 is 2.24. The maximum atomic E-state index is 6.55. The van der Waals surface area contributed by atoms with E-state index in [0.29, 0.717) is 0 Å². The number of imidazole rings is 1. The topological polar surface area (TPSA) is 17.8 Å². The molecule has 3 rings (SSSR count). The summed E-state index contributed by atoms with van der Waals surface area (Å²) in [6.45, 7) is 3.23. The Hall–Kier alpha value is -1.71. The lowest BCUT2D eigenvalue weighted by Gasteiger charge is -2.20. The van der Waals surface area contributed by atoms with Crippen LogP contribution < -0.4 is 5.72 Å². The van der Waals surface area contributed by atoms with Gasteiger partial charge in [0.05, 0.1) is 5.72 Å². The molecule has 29 heavy (non-hydrogen) atoms. The Balaban J connectivity index is 1.77. The molecule has 2 nitrogen and oxygen atoms in total. The summed E-state index contributed by atoms with van der Waals surface area (Å²) in [6.07, 6.45) is 11.6. The Morgan fingerprint density at radius 1 is 0.862 bits per heavy atom. The summed E-state index contributed by atoms with van der Waals surface area (Å²) in [4.78, 5) is 4.62. The van der Waals surface area contributed by atoms with Crippen molar-refractivity contribution < 1.29 is 0 Å². The van der Waals surface area contributed by atoms with Gasteiger partial charge >= 0.3 is 0 Å². The van der Waals surface area contributed by atoms with Crippen LogP contribution in [0.1, 0.15) is 62.4 Å². The Labute approximate surface area is 185 Å². The van der Waals surface area contributed by atoms with Gasteiger partial charge in [-0.3, -0.25) is 4.98 Å². The van der Waals surface area contributed by atoms with E-state index < -0.39 is 0 Å². The highest BCUT2D eigenvalue weighted by atomic mass is 35.5. The van der Waals surface area contributed by atoms with E-state index >= 15 is 0 Å². The van der Waals surface area contributed by atoms with Crippen molar-refractivity contribution in [1.29, 1.82) is 0 Å². The number of rotatable bonds is 11. The average Bonchev–Trinajstić information content (AvgIpc) is 3.17. The summed E-state index contributed by atoms with van der Waals surface area (Å²) in [5, 5.41) is 1.48. The minimum Gasteiger partial charge on any atom is -0.343 e. The van der Waals surface area contributed by atoms with Gasteiger partial charge in [-0.25, -0.2) is 0 Å². The van der Waals surface area contributed by atoms with Crippen molar-refractivity contribution in [3.8, 4) is 0 Å². The second kappa shape index (κ2) is 11.5. The number of hydrogen-bond donors (Lipinski definition) is 0. The van der Waals surface area contributed by atoms with E-state index in [4.69, 9.17) is 23.2 Å². The van der Waals surface area contributed by atoms with Crippen LogP contribution in [0.5, 0.6) is 0 Å². The smallest absolute Gasteiger partial charge is 0.215 e. The molecule has 1 radical (unpaired) electrons. The molecular weight excluding hydrogens is 398 g/mol. The molecule has 5 heteroatoms. The summed E-state index contributed by atoms with van der Waals surface area (Å²) in [5.74, 6) is -0.0527. The number of benzene rings is 2. The van der Waals surface area contributed by atoms with Crippen molar-refractivity contribution in [3.63, 3.8) is 0 Å². The van der Waals surface area contributed by atoms with Crippen molar-refractivity contribution in [2.75, 3.05) is 0 Å². The lowest BCUT2D eigenvalue weighted by molar-refractivity contribution is 0.563. The molecule has 0 aliphatic carbocycles. The molecule has 151 valence electrons. The maximum absolute atomic E-state index is 6.55. The standard InChI is InChI=1S/C24H28BCl2N2/c1-2-3-4-5-6-11-17-29-18-16-28-24(29)25-23(19-12-7-9-14-21(19)26)20-13-8-10-15-22(20)27/h7-10,12-16,18,23H,2-6,11,17H2,1H3. The molecule has 0 amide bonds. The molecule has 0 aliphatic rings. The highest BCUT2D eigenvalue weighted by molar-refractivity contribution is 6.54. The van der Waals surface area contributed by atoms with E-state index in [1.54, 1.807) is 0 Å². The fourth-order valence-corrected chi connectivity index (χ4v) is 4.19. The summed E-state index contributed by atoms with van der Waals surface area (Å²) in [5.41, 5.74) is 3.04. The lowest BCUT2D eigenvalue weighted by Crippen LogP contribution is -2.32. The second-order valence-corrected chi connectivity index (χ2v) is 8.25. The molecule has 0 atom stereocenters. The number of nitrogens with zero attached hydrogens (tertiary/aromatic N) is 2. The van der Waals surface area contributed by atoms with Crippen molar-refractivity contribution >= 4 is 36.2 Å². The largest absolute Gasteiger partial charge is 0.343 e. The molecule has 0 N–H and O–H groups in total. The van der Waals surface area contributed by atoms with Crippen LogP contribution in [0.25, 0.3) is 0 Å². The monoisotopic (exact) mass is 425 g/mol. The Kier molecular flexibility index (Phi) is 8.70. The normalized spacial score (nSPS) is 11.2. The van der Waals surface area contributed by atoms with Gasteiger partial charge in [-0.2, -0.15) is 0 Å². The lowest BCUT2D eigenvalue weighted by atomic mass is 9.58. The first-order valence-corrected chi connectivity index (χ1v) is 11.3. The number of halogens is 2. The highest BCUT2D eigenvalue weighted by Gasteiger charge is 2.23. The Morgan fingerprint density at radius 2 is 1.45 bits per heavy atom. The third-order valence-electron chi connectivity index (χ3n) is 5.30. The van der Waals surface area contributed by atoms with Crippen LogP contribution in [0, 0.1) is 0 Å². The zero-order chi connectivity index (χ0) is 20.5. The van der Waals surface area contributed by atoms with Gasteiger partial charge < -0.3 is 4.57 Å². The van der Waals surface area contributed by atoms with Gasteiger partial charge in [-0.15, -0.1) is 0 Å². The molecule has 0 saturated carbocycles. The van der Waals surface area contributed by atoms with Gasteiger partial charge in [0.2, 0.25) is 7.28 Å². The van der Waals surface area contributed by atoms with E-state index in [1.807, 2.05) is 42.6 Å². The summed E-state index contributed by atoms with van der Waals surface area (Å²) in [6, 6.07) is 15.9. The third kappa shape index (κ3) is 6.14. The molecule has 0 fully saturated rings. The molecule has 0 unspecified atom stereocenters. The molecule has 0 spiro atoms.